The van der Waals surface area contributed by atoms with Crippen LogP contribution in [0.2, 0.25) is 10.0 Å². The van der Waals surface area contributed by atoms with Gasteiger partial charge in [0.25, 0.3) is 5.91 Å². The highest BCUT2D eigenvalue weighted by Crippen LogP contribution is 2.38. The first kappa shape index (κ1) is 20.7. The van der Waals surface area contributed by atoms with Crippen molar-refractivity contribution in [2.75, 3.05) is 6.61 Å². The average Bonchev–Trinajstić information content (AvgIpc) is 2.92. The quantitative estimate of drug-likeness (QED) is 0.454. The van der Waals surface area contributed by atoms with Crippen molar-refractivity contribution >= 4 is 57.0 Å². The van der Waals surface area contributed by atoms with Crippen molar-refractivity contribution in [2.45, 2.75) is 20.0 Å². The molecule has 0 saturated carbocycles. The maximum Gasteiger partial charge on any atom is 0.254 e. The molecule has 1 saturated heterocycles. The Morgan fingerprint density at radius 2 is 1.82 bits per heavy atom. The molecular weight excluding hydrogens is 469 g/mol. The lowest BCUT2D eigenvalue weighted by Gasteiger charge is -2.15. The molecule has 1 fully saturated rings. The summed E-state index contributed by atoms with van der Waals surface area (Å²) in [5.74, 6) is 0.343. The van der Waals surface area contributed by atoms with Gasteiger partial charge in [0.2, 0.25) is 5.91 Å². The summed E-state index contributed by atoms with van der Waals surface area (Å²) in [7, 11) is 0. The first-order valence-corrected chi connectivity index (χ1v) is 9.99. The Kier molecular flexibility index (Phi) is 6.65. The second-order valence-corrected chi connectivity index (χ2v) is 7.78. The minimum atomic E-state index is -0.383. The molecule has 0 aliphatic carbocycles. The summed E-state index contributed by atoms with van der Waals surface area (Å²) in [5, 5.41) is 3.31. The molecule has 0 radical (unpaired) electrons. The molecule has 2 amide bonds. The van der Waals surface area contributed by atoms with Gasteiger partial charge in [0, 0.05) is 15.6 Å². The van der Waals surface area contributed by atoms with Gasteiger partial charge in [-0.15, -0.1) is 0 Å². The van der Waals surface area contributed by atoms with Crippen LogP contribution in [0.4, 0.5) is 0 Å². The van der Waals surface area contributed by atoms with Crippen molar-refractivity contribution in [1.82, 2.24) is 5.32 Å². The second-order valence-electron chi connectivity index (χ2n) is 6.05. The van der Waals surface area contributed by atoms with Gasteiger partial charge in [-0.2, -0.15) is 0 Å². The van der Waals surface area contributed by atoms with Gasteiger partial charge in [-0.3, -0.25) is 14.9 Å². The van der Waals surface area contributed by atoms with Crippen LogP contribution < -0.4 is 14.8 Å². The number of carbonyl (C=O) groups is 2. The molecule has 8 heteroatoms. The summed E-state index contributed by atoms with van der Waals surface area (Å²) in [6, 6.07) is 8.74. The molecule has 28 heavy (non-hydrogen) atoms. The van der Waals surface area contributed by atoms with Crippen LogP contribution in [0.1, 0.15) is 24.5 Å². The summed E-state index contributed by atoms with van der Waals surface area (Å²) >= 11 is 15.6. The maximum atomic E-state index is 11.8. The maximum absolute atomic E-state index is 11.8. The zero-order valence-corrected chi connectivity index (χ0v) is 18.0. The van der Waals surface area contributed by atoms with Crippen LogP contribution in [0.15, 0.2) is 40.4 Å². The summed E-state index contributed by atoms with van der Waals surface area (Å²) in [5.41, 5.74) is 1.91. The lowest BCUT2D eigenvalue weighted by atomic mass is 10.1. The molecule has 0 unspecified atom stereocenters. The van der Waals surface area contributed by atoms with Crippen LogP contribution in [0.3, 0.4) is 0 Å². The molecule has 146 valence electrons. The van der Waals surface area contributed by atoms with Crippen molar-refractivity contribution in [3.05, 3.63) is 61.5 Å². The van der Waals surface area contributed by atoms with Gasteiger partial charge in [0.15, 0.2) is 11.5 Å². The average molecular weight is 485 g/mol. The lowest BCUT2D eigenvalue weighted by molar-refractivity contribution is -0.124. The van der Waals surface area contributed by atoms with Gasteiger partial charge in [0.1, 0.15) is 6.61 Å². The fourth-order valence-corrected chi connectivity index (χ4v) is 3.89. The van der Waals surface area contributed by atoms with Gasteiger partial charge < -0.3 is 9.47 Å². The number of ether oxygens (including phenoxy) is 2. The number of benzene rings is 2. The smallest absolute Gasteiger partial charge is 0.254 e. The van der Waals surface area contributed by atoms with E-state index in [0.29, 0.717) is 43.8 Å². The van der Waals surface area contributed by atoms with Crippen LogP contribution in [0.25, 0.3) is 6.08 Å². The number of rotatable bonds is 6. The molecule has 3 rings (SSSR count). The summed E-state index contributed by atoms with van der Waals surface area (Å²) in [4.78, 5) is 23.2. The fourth-order valence-electron chi connectivity index (χ4n) is 2.74. The molecule has 0 atom stereocenters. The third kappa shape index (κ3) is 5.07. The number of amides is 2. The second kappa shape index (κ2) is 8.99. The van der Waals surface area contributed by atoms with E-state index in [4.69, 9.17) is 32.7 Å². The van der Waals surface area contributed by atoms with E-state index in [2.05, 4.69) is 21.2 Å². The van der Waals surface area contributed by atoms with E-state index in [1.807, 2.05) is 6.92 Å². The van der Waals surface area contributed by atoms with Crippen LogP contribution in [0, 0.1) is 0 Å². The van der Waals surface area contributed by atoms with Gasteiger partial charge in [-0.1, -0.05) is 23.2 Å². The number of carbonyl (C=O) groups excluding carboxylic acids is 2. The molecular formula is C20H16BrCl2NO4. The monoisotopic (exact) mass is 483 g/mol. The summed E-state index contributed by atoms with van der Waals surface area (Å²) in [6.45, 7) is 2.55. The largest absolute Gasteiger partial charge is 0.489 e. The molecule has 2 aromatic rings. The summed E-state index contributed by atoms with van der Waals surface area (Å²) < 4.78 is 12.3. The van der Waals surface area contributed by atoms with Crippen LogP contribution >= 0.6 is 39.1 Å². The van der Waals surface area contributed by atoms with Gasteiger partial charge in [0.05, 0.1) is 17.5 Å². The topological polar surface area (TPSA) is 64.6 Å². The highest BCUT2D eigenvalue weighted by Gasteiger charge is 2.24. The minimum absolute atomic E-state index is 0.0564. The van der Waals surface area contributed by atoms with Crippen molar-refractivity contribution in [3.63, 3.8) is 0 Å². The molecule has 5 nitrogen and oxygen atoms in total. The third-order valence-corrected chi connectivity index (χ3v) is 4.90. The van der Waals surface area contributed by atoms with Crippen molar-refractivity contribution in [3.8, 4) is 11.5 Å². The normalized spacial score (nSPS) is 15.1. The van der Waals surface area contributed by atoms with Crippen molar-refractivity contribution < 1.29 is 19.1 Å². The molecule has 1 aliphatic heterocycles. The Morgan fingerprint density at radius 3 is 2.43 bits per heavy atom. The number of hydrogen-bond acceptors (Lipinski definition) is 4. The molecule has 0 aromatic heterocycles. The fraction of sp³-hybridized carbons (Fsp3) is 0.200. The number of imide groups is 1. The highest BCUT2D eigenvalue weighted by atomic mass is 79.9. The molecule has 1 N–H and O–H groups in total. The van der Waals surface area contributed by atoms with Gasteiger partial charge in [-0.25, -0.2) is 0 Å². The molecule has 0 spiro atoms. The standard InChI is InChI=1S/C20H16BrCl2NO4/c1-2-27-19-16(21)6-11(3-13-8-18(25)24-20(13)26)7-17(19)28-10-12-4-14(22)9-15(23)5-12/h3-7,9H,2,8,10H2,1H3,(H,24,25,26)/b13-3+. The Morgan fingerprint density at radius 1 is 1.11 bits per heavy atom. The lowest BCUT2D eigenvalue weighted by Crippen LogP contribution is -2.19. The first-order chi connectivity index (χ1) is 13.4. The Hall–Kier alpha value is -2.02. The van der Waals surface area contributed by atoms with Crippen molar-refractivity contribution in [2.24, 2.45) is 0 Å². The highest BCUT2D eigenvalue weighted by molar-refractivity contribution is 9.10. The third-order valence-electron chi connectivity index (χ3n) is 3.87. The van der Waals surface area contributed by atoms with E-state index in [0.717, 1.165) is 5.56 Å². The van der Waals surface area contributed by atoms with Gasteiger partial charge >= 0.3 is 0 Å². The Balaban J connectivity index is 1.91. The van der Waals surface area contributed by atoms with Crippen LogP contribution in [0.5, 0.6) is 11.5 Å². The predicted molar refractivity (Wildman–Crippen MR) is 112 cm³/mol. The van der Waals surface area contributed by atoms with E-state index < -0.39 is 0 Å². The summed E-state index contributed by atoms with van der Waals surface area (Å²) in [6.07, 6.45) is 1.71. The molecule has 2 aromatic carbocycles. The number of nitrogens with one attached hydrogen (secondary N) is 1. The van der Waals surface area contributed by atoms with Crippen LogP contribution in [-0.4, -0.2) is 18.4 Å². The Bertz CT molecular complexity index is 955. The van der Waals surface area contributed by atoms with Crippen molar-refractivity contribution in [1.29, 1.82) is 0 Å². The first-order valence-electron chi connectivity index (χ1n) is 8.44. The SMILES string of the molecule is CCOc1c(Br)cc(/C=C2\CC(=O)NC2=O)cc1OCc1cc(Cl)cc(Cl)c1. The number of halogens is 3. The minimum Gasteiger partial charge on any atom is -0.489 e. The van der Waals surface area contributed by atoms with E-state index in [9.17, 15) is 9.59 Å². The van der Waals surface area contributed by atoms with Crippen LogP contribution in [-0.2, 0) is 16.2 Å². The molecule has 0 bridgehead atoms. The zero-order chi connectivity index (χ0) is 20.3. The molecule has 1 aliphatic rings. The van der Waals surface area contributed by atoms with E-state index in [-0.39, 0.29) is 24.8 Å². The zero-order valence-electron chi connectivity index (χ0n) is 14.9. The van der Waals surface area contributed by atoms with Gasteiger partial charge in [-0.05, 0) is 70.4 Å². The predicted octanol–water partition coefficient (Wildman–Crippen LogP) is 5.16. The number of hydrogen-bond donors (Lipinski definition) is 1. The molecule has 1 heterocycles. The van der Waals surface area contributed by atoms with E-state index in [1.165, 1.54) is 0 Å². The van der Waals surface area contributed by atoms with E-state index >= 15 is 0 Å². The Labute approximate surface area is 180 Å². The van der Waals surface area contributed by atoms with E-state index in [1.54, 1.807) is 36.4 Å².